The summed E-state index contributed by atoms with van der Waals surface area (Å²) in [6.07, 6.45) is 8.09. The van der Waals surface area contributed by atoms with Crippen molar-refractivity contribution in [3.63, 3.8) is 0 Å². The predicted molar refractivity (Wildman–Crippen MR) is 114 cm³/mol. The molecule has 0 saturated carbocycles. The number of piperidine rings is 2. The zero-order valence-corrected chi connectivity index (χ0v) is 19.3. The van der Waals surface area contributed by atoms with Gasteiger partial charge in [0.1, 0.15) is 0 Å². The van der Waals surface area contributed by atoms with Gasteiger partial charge in [-0.1, -0.05) is 6.42 Å². The number of carbonyl (C=O) groups excluding carboxylic acids is 2. The van der Waals surface area contributed by atoms with Gasteiger partial charge in [0.2, 0.25) is 0 Å². The van der Waals surface area contributed by atoms with E-state index < -0.39 is 0 Å². The van der Waals surface area contributed by atoms with Crippen LogP contribution in [0.25, 0.3) is 0 Å². The Bertz CT molecular complexity index is 487. The minimum Gasteiger partial charge on any atom is -0.465 e. The fraction of sp³-hybridized carbons (Fsp3) is 0.913. The number of carbonyl (C=O) groups is 2. The lowest BCUT2D eigenvalue weighted by atomic mass is 9.98. The maximum atomic E-state index is 12.0. The van der Waals surface area contributed by atoms with E-state index in [1.165, 1.54) is 25.9 Å². The molecule has 0 radical (unpaired) electrons. The van der Waals surface area contributed by atoms with Gasteiger partial charge in [0.05, 0.1) is 67.6 Å². The molecule has 6 heteroatoms. The highest BCUT2D eigenvalue weighted by molar-refractivity contribution is 5.69. The fourth-order valence-corrected chi connectivity index (χ4v) is 4.93. The second-order valence-electron chi connectivity index (χ2n) is 10.6. The van der Waals surface area contributed by atoms with Crippen molar-refractivity contribution in [2.45, 2.75) is 57.8 Å². The first-order valence-corrected chi connectivity index (χ1v) is 11.6. The Morgan fingerprint density at radius 3 is 1.52 bits per heavy atom. The molecule has 2 atom stereocenters. The Morgan fingerprint density at radius 2 is 1.14 bits per heavy atom. The van der Waals surface area contributed by atoms with Crippen LogP contribution in [-0.4, -0.2) is 88.5 Å². The van der Waals surface area contributed by atoms with Crippen LogP contribution in [-0.2, 0) is 19.1 Å². The largest absolute Gasteiger partial charge is 0.465 e. The smallest absolute Gasteiger partial charge is 0.305 e. The van der Waals surface area contributed by atoms with Gasteiger partial charge in [-0.05, 0) is 38.5 Å². The summed E-state index contributed by atoms with van der Waals surface area (Å²) in [6.45, 7) is 5.72. The Balaban J connectivity index is 1.46. The first-order valence-electron chi connectivity index (χ1n) is 11.6. The maximum Gasteiger partial charge on any atom is 0.305 e. The molecule has 2 aliphatic heterocycles. The molecular formula is C23H44N2O4+2. The fourth-order valence-electron chi connectivity index (χ4n) is 4.93. The monoisotopic (exact) mass is 412 g/mol. The number of hydrogen-bond donors (Lipinski definition) is 0. The molecule has 0 aromatic carbocycles. The Kier molecular flexibility index (Phi) is 9.41. The number of nitrogens with zero attached hydrogens (tertiary/aromatic N) is 2. The van der Waals surface area contributed by atoms with E-state index >= 15 is 0 Å². The number of unbranched alkanes of at least 4 members (excludes halogenated alkanes) is 2. The average molecular weight is 413 g/mol. The van der Waals surface area contributed by atoms with E-state index in [2.05, 4.69) is 28.2 Å². The van der Waals surface area contributed by atoms with E-state index in [0.717, 1.165) is 54.2 Å². The second kappa shape index (κ2) is 11.3. The second-order valence-corrected chi connectivity index (χ2v) is 10.6. The summed E-state index contributed by atoms with van der Waals surface area (Å²) < 4.78 is 13.0. The first-order chi connectivity index (χ1) is 13.7. The van der Waals surface area contributed by atoms with Crippen molar-refractivity contribution in [3.8, 4) is 0 Å². The molecular weight excluding hydrogens is 368 g/mol. The van der Waals surface area contributed by atoms with Crippen molar-refractivity contribution in [2.24, 2.45) is 11.8 Å². The highest BCUT2D eigenvalue weighted by atomic mass is 16.5. The van der Waals surface area contributed by atoms with E-state index in [1.807, 2.05) is 0 Å². The van der Waals surface area contributed by atoms with Crippen molar-refractivity contribution >= 4 is 11.9 Å². The summed E-state index contributed by atoms with van der Waals surface area (Å²) in [4.78, 5) is 23.9. The highest BCUT2D eigenvalue weighted by Crippen LogP contribution is 2.21. The highest BCUT2D eigenvalue weighted by Gasteiger charge is 2.29. The van der Waals surface area contributed by atoms with E-state index in [1.54, 1.807) is 0 Å². The third kappa shape index (κ3) is 9.94. The number of hydrogen-bond acceptors (Lipinski definition) is 4. The van der Waals surface area contributed by atoms with Crippen LogP contribution in [0.1, 0.15) is 57.8 Å². The molecule has 2 fully saturated rings. The topological polar surface area (TPSA) is 52.6 Å². The lowest BCUT2D eigenvalue weighted by Gasteiger charge is -2.37. The minimum absolute atomic E-state index is 0.0958. The molecule has 0 aromatic rings. The molecule has 0 aromatic heterocycles. The summed E-state index contributed by atoms with van der Waals surface area (Å²) >= 11 is 0. The van der Waals surface area contributed by atoms with Gasteiger partial charge in [-0.25, -0.2) is 0 Å². The summed E-state index contributed by atoms with van der Waals surface area (Å²) in [7, 11) is 8.98. The molecule has 0 aliphatic carbocycles. The average Bonchev–Trinajstić information content (AvgIpc) is 2.63. The van der Waals surface area contributed by atoms with E-state index in [9.17, 15) is 9.59 Å². The standard InChI is InChI=1S/C23H44N2O4/c1-24(2)14-8-10-20(16-24)18-28-22(26)12-6-5-7-13-23(27)29-19-21-11-9-15-25(3,4)17-21/h20-21H,5-19H2,1-4H3/q+2. The van der Waals surface area contributed by atoms with Crippen LogP contribution >= 0.6 is 0 Å². The third-order valence-corrected chi connectivity index (χ3v) is 6.48. The van der Waals surface area contributed by atoms with Gasteiger partial charge in [0, 0.05) is 24.7 Å². The first kappa shape index (κ1) is 24.1. The number of ether oxygens (including phenoxy) is 2. The van der Waals surface area contributed by atoms with Crippen LogP contribution < -0.4 is 0 Å². The molecule has 0 amide bonds. The third-order valence-electron chi connectivity index (χ3n) is 6.48. The van der Waals surface area contributed by atoms with Crippen LogP contribution in [0.4, 0.5) is 0 Å². The SMILES string of the molecule is C[N+]1(C)CCCC(COC(=O)CCCCCC(=O)OCC2CCC[N+](C)(C)C2)C1. The zero-order chi connectivity index (χ0) is 21.3. The summed E-state index contributed by atoms with van der Waals surface area (Å²) in [6, 6.07) is 0. The normalized spacial score (nSPS) is 25.9. The van der Waals surface area contributed by atoms with Crippen LogP contribution in [0.2, 0.25) is 0 Å². The Morgan fingerprint density at radius 1 is 0.724 bits per heavy atom. The minimum atomic E-state index is -0.0958. The van der Waals surface area contributed by atoms with Crippen LogP contribution in [0, 0.1) is 11.8 Å². The maximum absolute atomic E-state index is 12.0. The van der Waals surface area contributed by atoms with Crippen LogP contribution in [0.15, 0.2) is 0 Å². The predicted octanol–water partition coefficient (Wildman–Crippen LogP) is 3.00. The summed E-state index contributed by atoms with van der Waals surface area (Å²) in [5, 5.41) is 0. The number of esters is 2. The number of likely N-dealkylation sites (tertiary alicyclic amines) is 2. The molecule has 0 N–H and O–H groups in total. The molecule has 2 unspecified atom stereocenters. The van der Waals surface area contributed by atoms with Gasteiger partial charge in [0.15, 0.2) is 0 Å². The van der Waals surface area contributed by atoms with Gasteiger partial charge in [-0.2, -0.15) is 0 Å². The van der Waals surface area contributed by atoms with Gasteiger partial charge < -0.3 is 18.4 Å². The van der Waals surface area contributed by atoms with E-state index in [-0.39, 0.29) is 11.9 Å². The lowest BCUT2D eigenvalue weighted by molar-refractivity contribution is -0.898. The quantitative estimate of drug-likeness (QED) is 0.314. The molecule has 29 heavy (non-hydrogen) atoms. The van der Waals surface area contributed by atoms with Gasteiger partial charge >= 0.3 is 11.9 Å². The molecule has 2 rings (SSSR count). The van der Waals surface area contributed by atoms with Crippen molar-refractivity contribution in [1.82, 2.24) is 0 Å². The lowest BCUT2D eigenvalue weighted by Crippen LogP contribution is -2.48. The Labute approximate surface area is 177 Å². The van der Waals surface area contributed by atoms with Crippen LogP contribution in [0.5, 0.6) is 0 Å². The molecule has 2 heterocycles. The number of quaternary nitrogens is 2. The Hall–Kier alpha value is -1.14. The van der Waals surface area contributed by atoms with Gasteiger partial charge in [-0.15, -0.1) is 0 Å². The molecule has 0 bridgehead atoms. The summed E-state index contributed by atoms with van der Waals surface area (Å²) in [5.41, 5.74) is 0. The van der Waals surface area contributed by atoms with Gasteiger partial charge in [0.25, 0.3) is 0 Å². The summed E-state index contributed by atoms with van der Waals surface area (Å²) in [5.74, 6) is 0.792. The molecule has 168 valence electrons. The molecule has 2 saturated heterocycles. The van der Waals surface area contributed by atoms with E-state index in [4.69, 9.17) is 9.47 Å². The van der Waals surface area contributed by atoms with Crippen molar-refractivity contribution in [3.05, 3.63) is 0 Å². The molecule has 0 spiro atoms. The molecule has 6 nitrogen and oxygen atoms in total. The zero-order valence-electron chi connectivity index (χ0n) is 19.3. The van der Waals surface area contributed by atoms with Crippen molar-refractivity contribution < 1.29 is 28.0 Å². The van der Waals surface area contributed by atoms with Crippen molar-refractivity contribution in [1.29, 1.82) is 0 Å². The number of rotatable bonds is 10. The van der Waals surface area contributed by atoms with Crippen molar-refractivity contribution in [2.75, 3.05) is 67.6 Å². The van der Waals surface area contributed by atoms with Gasteiger partial charge in [-0.3, -0.25) is 9.59 Å². The molecule has 2 aliphatic rings. The van der Waals surface area contributed by atoms with E-state index in [0.29, 0.717) is 37.9 Å². The van der Waals surface area contributed by atoms with Crippen LogP contribution in [0.3, 0.4) is 0 Å².